The normalized spacial score (nSPS) is 10.9. The van der Waals surface area contributed by atoms with Crippen LogP contribution in [0.2, 0.25) is 0 Å². The summed E-state index contributed by atoms with van der Waals surface area (Å²) in [6, 6.07) is 5.87. The quantitative estimate of drug-likeness (QED) is 0.574. The van der Waals surface area contributed by atoms with Gasteiger partial charge in [-0.25, -0.2) is 9.67 Å². The van der Waals surface area contributed by atoms with E-state index in [2.05, 4.69) is 10.1 Å². The monoisotopic (exact) mass is 184 g/mol. The third-order valence-electron chi connectivity index (χ3n) is 2.14. The lowest BCUT2D eigenvalue weighted by Crippen LogP contribution is -1.96. The standard InChI is InChI=1S/C10H8N4/c1-4-12-14(6-1)9-2-3-10-11-5-7-13(10)8-9/h1-8H. The second-order valence-electron chi connectivity index (χ2n) is 3.03. The van der Waals surface area contributed by atoms with Gasteiger partial charge >= 0.3 is 0 Å². The Hall–Kier alpha value is -2.10. The van der Waals surface area contributed by atoms with Gasteiger partial charge in [-0.1, -0.05) is 0 Å². The number of rotatable bonds is 1. The smallest absolute Gasteiger partial charge is 0.136 e. The summed E-state index contributed by atoms with van der Waals surface area (Å²) in [5, 5.41) is 4.16. The van der Waals surface area contributed by atoms with Crippen LogP contribution in [0.3, 0.4) is 0 Å². The van der Waals surface area contributed by atoms with Gasteiger partial charge in [0.2, 0.25) is 0 Å². The molecule has 0 spiro atoms. The average molecular weight is 184 g/mol. The highest BCUT2D eigenvalue weighted by atomic mass is 15.3. The van der Waals surface area contributed by atoms with E-state index in [0.29, 0.717) is 0 Å². The van der Waals surface area contributed by atoms with Gasteiger partial charge in [0.1, 0.15) is 5.65 Å². The Bertz CT molecular complexity index is 550. The van der Waals surface area contributed by atoms with Crippen molar-refractivity contribution in [2.45, 2.75) is 0 Å². The van der Waals surface area contributed by atoms with Gasteiger partial charge in [-0.15, -0.1) is 0 Å². The molecule has 0 bridgehead atoms. The molecule has 0 radical (unpaired) electrons. The van der Waals surface area contributed by atoms with Crippen molar-refractivity contribution in [3.8, 4) is 5.69 Å². The van der Waals surface area contributed by atoms with E-state index in [1.165, 1.54) is 0 Å². The average Bonchev–Trinajstić information content (AvgIpc) is 2.88. The molecule has 14 heavy (non-hydrogen) atoms. The minimum Gasteiger partial charge on any atom is -0.305 e. The highest BCUT2D eigenvalue weighted by molar-refractivity contribution is 5.43. The second kappa shape index (κ2) is 2.70. The lowest BCUT2D eigenvalue weighted by molar-refractivity contribution is 0.870. The van der Waals surface area contributed by atoms with Crippen LogP contribution < -0.4 is 0 Å². The largest absolute Gasteiger partial charge is 0.305 e. The summed E-state index contributed by atoms with van der Waals surface area (Å²) in [6.07, 6.45) is 9.37. The Morgan fingerprint density at radius 2 is 2.07 bits per heavy atom. The van der Waals surface area contributed by atoms with Crippen LogP contribution in [-0.2, 0) is 0 Å². The lowest BCUT2D eigenvalue weighted by Gasteiger charge is -2.01. The molecule has 0 aliphatic heterocycles. The van der Waals surface area contributed by atoms with E-state index in [1.54, 1.807) is 12.4 Å². The first kappa shape index (κ1) is 7.32. The van der Waals surface area contributed by atoms with Gasteiger partial charge in [-0.05, 0) is 18.2 Å². The van der Waals surface area contributed by atoms with Crippen LogP contribution in [0.4, 0.5) is 0 Å². The van der Waals surface area contributed by atoms with E-state index < -0.39 is 0 Å². The molecule has 4 heteroatoms. The van der Waals surface area contributed by atoms with Crippen LogP contribution >= 0.6 is 0 Å². The molecule has 0 aliphatic rings. The van der Waals surface area contributed by atoms with Crippen molar-refractivity contribution < 1.29 is 0 Å². The zero-order chi connectivity index (χ0) is 9.38. The van der Waals surface area contributed by atoms with Gasteiger partial charge in [0, 0.05) is 31.0 Å². The first-order valence-electron chi connectivity index (χ1n) is 4.36. The molecule has 0 unspecified atom stereocenters. The maximum atomic E-state index is 4.17. The SMILES string of the molecule is c1cnn(-c2ccc3nccn3c2)c1. The maximum Gasteiger partial charge on any atom is 0.136 e. The number of aromatic nitrogens is 4. The van der Waals surface area contributed by atoms with Crippen molar-refractivity contribution >= 4 is 5.65 Å². The number of fused-ring (bicyclic) bond motifs is 1. The Morgan fingerprint density at radius 3 is 2.93 bits per heavy atom. The topological polar surface area (TPSA) is 35.1 Å². The summed E-state index contributed by atoms with van der Waals surface area (Å²) < 4.78 is 3.79. The third-order valence-corrected chi connectivity index (χ3v) is 2.14. The van der Waals surface area contributed by atoms with E-state index >= 15 is 0 Å². The number of imidazole rings is 1. The Labute approximate surface area is 80.4 Å². The van der Waals surface area contributed by atoms with Gasteiger partial charge in [0.15, 0.2) is 0 Å². The molecule has 68 valence electrons. The second-order valence-corrected chi connectivity index (χ2v) is 3.03. The highest BCUT2D eigenvalue weighted by Crippen LogP contribution is 2.08. The van der Waals surface area contributed by atoms with Gasteiger partial charge < -0.3 is 4.40 Å². The lowest BCUT2D eigenvalue weighted by atomic mass is 10.4. The summed E-state index contributed by atoms with van der Waals surface area (Å²) >= 11 is 0. The van der Waals surface area contributed by atoms with E-state index in [-0.39, 0.29) is 0 Å². The number of hydrogen-bond donors (Lipinski definition) is 0. The van der Waals surface area contributed by atoms with Crippen LogP contribution in [-0.4, -0.2) is 19.2 Å². The van der Waals surface area contributed by atoms with E-state index in [0.717, 1.165) is 11.3 Å². The Balaban J connectivity index is 2.23. The highest BCUT2D eigenvalue weighted by Gasteiger charge is 1.97. The summed E-state index contributed by atoms with van der Waals surface area (Å²) in [7, 11) is 0. The van der Waals surface area contributed by atoms with Crippen molar-refractivity contribution in [3.63, 3.8) is 0 Å². The fraction of sp³-hybridized carbons (Fsp3) is 0. The predicted octanol–water partition coefficient (Wildman–Crippen LogP) is 1.52. The van der Waals surface area contributed by atoms with E-state index in [1.807, 2.05) is 45.9 Å². The summed E-state index contributed by atoms with van der Waals surface area (Å²) in [5.41, 5.74) is 1.97. The van der Waals surface area contributed by atoms with Gasteiger partial charge in [0.25, 0.3) is 0 Å². The summed E-state index contributed by atoms with van der Waals surface area (Å²) in [4.78, 5) is 4.17. The molecule has 3 aromatic rings. The minimum atomic E-state index is 0.945. The van der Waals surface area contributed by atoms with E-state index in [9.17, 15) is 0 Å². The predicted molar refractivity (Wildman–Crippen MR) is 52.3 cm³/mol. The molecule has 0 saturated heterocycles. The minimum absolute atomic E-state index is 0.945. The molecular weight excluding hydrogens is 176 g/mol. The first-order valence-corrected chi connectivity index (χ1v) is 4.36. The zero-order valence-corrected chi connectivity index (χ0v) is 7.41. The van der Waals surface area contributed by atoms with Crippen molar-refractivity contribution in [2.75, 3.05) is 0 Å². The molecular formula is C10H8N4. The fourth-order valence-electron chi connectivity index (χ4n) is 1.47. The molecule has 4 nitrogen and oxygen atoms in total. The van der Waals surface area contributed by atoms with Gasteiger partial charge in [-0.2, -0.15) is 5.10 Å². The van der Waals surface area contributed by atoms with Crippen LogP contribution in [0.15, 0.2) is 49.2 Å². The van der Waals surface area contributed by atoms with Crippen LogP contribution in [0.5, 0.6) is 0 Å². The molecule has 0 atom stereocenters. The van der Waals surface area contributed by atoms with Gasteiger partial charge in [0.05, 0.1) is 5.69 Å². The molecule has 3 heterocycles. The van der Waals surface area contributed by atoms with Gasteiger partial charge in [-0.3, -0.25) is 0 Å². The summed E-state index contributed by atoms with van der Waals surface area (Å²) in [6.45, 7) is 0. The molecule has 0 N–H and O–H groups in total. The third kappa shape index (κ3) is 1.01. The zero-order valence-electron chi connectivity index (χ0n) is 7.41. The first-order chi connectivity index (χ1) is 6.93. The summed E-state index contributed by atoms with van der Waals surface area (Å²) in [5.74, 6) is 0. The van der Waals surface area contributed by atoms with Crippen molar-refractivity contribution in [3.05, 3.63) is 49.2 Å². The Morgan fingerprint density at radius 1 is 1.07 bits per heavy atom. The van der Waals surface area contributed by atoms with Crippen molar-refractivity contribution in [1.82, 2.24) is 19.2 Å². The van der Waals surface area contributed by atoms with Crippen LogP contribution in [0.25, 0.3) is 11.3 Å². The molecule has 0 fully saturated rings. The molecule has 0 amide bonds. The molecule has 0 aliphatic carbocycles. The fourth-order valence-corrected chi connectivity index (χ4v) is 1.47. The Kier molecular flexibility index (Phi) is 1.41. The van der Waals surface area contributed by atoms with Crippen molar-refractivity contribution in [2.24, 2.45) is 0 Å². The number of nitrogens with zero attached hydrogens (tertiary/aromatic N) is 4. The number of hydrogen-bond acceptors (Lipinski definition) is 2. The number of pyridine rings is 1. The van der Waals surface area contributed by atoms with Crippen molar-refractivity contribution in [1.29, 1.82) is 0 Å². The van der Waals surface area contributed by atoms with E-state index in [4.69, 9.17) is 0 Å². The molecule has 3 rings (SSSR count). The molecule has 0 saturated carbocycles. The van der Waals surface area contributed by atoms with Crippen LogP contribution in [0.1, 0.15) is 0 Å². The van der Waals surface area contributed by atoms with Crippen LogP contribution in [0, 0.1) is 0 Å². The maximum absolute atomic E-state index is 4.17. The molecule has 0 aromatic carbocycles. The molecule has 3 aromatic heterocycles.